The molecule has 0 saturated carbocycles. The van der Waals surface area contributed by atoms with Gasteiger partial charge in [-0.15, -0.1) is 0 Å². The van der Waals surface area contributed by atoms with Crippen LogP contribution in [-0.4, -0.2) is 39.4 Å². The Labute approximate surface area is 195 Å². The topological polar surface area (TPSA) is 84.9 Å². The second kappa shape index (κ2) is 10.5. The summed E-state index contributed by atoms with van der Waals surface area (Å²) < 4.78 is 38.9. The van der Waals surface area contributed by atoms with E-state index in [-0.39, 0.29) is 23.7 Å². The Morgan fingerprint density at radius 1 is 0.909 bits per heavy atom. The molecule has 0 radical (unpaired) electrons. The Balaban J connectivity index is 1.93. The lowest BCUT2D eigenvalue weighted by Crippen LogP contribution is -2.37. The van der Waals surface area contributed by atoms with Crippen molar-refractivity contribution in [2.45, 2.75) is 25.3 Å². The molecule has 33 heavy (non-hydrogen) atoms. The maximum atomic E-state index is 13.6. The van der Waals surface area contributed by atoms with Crippen LogP contribution in [0, 0.1) is 13.8 Å². The monoisotopic (exact) mass is 468 g/mol. The van der Waals surface area contributed by atoms with Gasteiger partial charge in [-0.05, 0) is 54.8 Å². The predicted molar refractivity (Wildman–Crippen MR) is 128 cm³/mol. The minimum atomic E-state index is -4.08. The van der Waals surface area contributed by atoms with Crippen LogP contribution in [0.2, 0.25) is 0 Å². The molecule has 3 aromatic carbocycles. The highest BCUT2D eigenvalue weighted by atomic mass is 32.2. The minimum absolute atomic E-state index is 0.0265. The number of amides is 1. The average Bonchev–Trinajstić information content (AvgIpc) is 2.81. The van der Waals surface area contributed by atoms with Gasteiger partial charge in [0.15, 0.2) is 0 Å². The molecule has 3 aromatic rings. The van der Waals surface area contributed by atoms with Gasteiger partial charge in [0.1, 0.15) is 16.4 Å². The number of hydrogen-bond donors (Lipinski definition) is 1. The van der Waals surface area contributed by atoms with Gasteiger partial charge in [0.05, 0.1) is 20.8 Å². The van der Waals surface area contributed by atoms with Crippen LogP contribution in [0.15, 0.2) is 71.6 Å². The molecule has 0 unspecified atom stereocenters. The molecule has 0 heterocycles. The summed E-state index contributed by atoms with van der Waals surface area (Å²) in [4.78, 5) is 12.8. The van der Waals surface area contributed by atoms with Crippen molar-refractivity contribution < 1.29 is 22.7 Å². The zero-order valence-corrected chi connectivity index (χ0v) is 20.0. The van der Waals surface area contributed by atoms with Crippen molar-refractivity contribution in [3.8, 4) is 11.5 Å². The van der Waals surface area contributed by atoms with Gasteiger partial charge in [0, 0.05) is 18.3 Å². The molecule has 174 valence electrons. The Morgan fingerprint density at radius 3 is 2.27 bits per heavy atom. The van der Waals surface area contributed by atoms with Crippen LogP contribution < -0.4 is 14.8 Å². The van der Waals surface area contributed by atoms with Crippen LogP contribution in [0.25, 0.3) is 0 Å². The zero-order chi connectivity index (χ0) is 24.0. The first-order valence-corrected chi connectivity index (χ1v) is 11.8. The molecule has 0 atom stereocenters. The van der Waals surface area contributed by atoms with E-state index in [1.807, 2.05) is 56.3 Å². The van der Waals surface area contributed by atoms with Gasteiger partial charge >= 0.3 is 0 Å². The number of nitrogens with zero attached hydrogens (tertiary/aromatic N) is 1. The number of hydrogen-bond acceptors (Lipinski definition) is 5. The zero-order valence-electron chi connectivity index (χ0n) is 19.2. The van der Waals surface area contributed by atoms with Crippen LogP contribution in [-0.2, 0) is 21.4 Å². The number of methoxy groups -OCH3 is 2. The van der Waals surface area contributed by atoms with E-state index >= 15 is 0 Å². The van der Waals surface area contributed by atoms with Gasteiger partial charge in [0.2, 0.25) is 15.9 Å². The van der Waals surface area contributed by atoms with E-state index in [4.69, 9.17) is 9.47 Å². The number of sulfonamides is 1. The summed E-state index contributed by atoms with van der Waals surface area (Å²) in [6.45, 7) is 3.60. The first-order valence-electron chi connectivity index (χ1n) is 10.4. The summed E-state index contributed by atoms with van der Waals surface area (Å²) in [5, 5.41) is 2.80. The number of carbonyl (C=O) groups excluding carboxylic acids is 1. The molecule has 0 fully saturated rings. The Morgan fingerprint density at radius 2 is 1.64 bits per heavy atom. The Bertz CT molecular complexity index is 1230. The lowest BCUT2D eigenvalue weighted by atomic mass is 10.1. The van der Waals surface area contributed by atoms with Gasteiger partial charge in [-0.3, -0.25) is 4.79 Å². The van der Waals surface area contributed by atoms with Crippen molar-refractivity contribution in [2.24, 2.45) is 0 Å². The third-order valence-electron chi connectivity index (χ3n) is 5.30. The third-order valence-corrected chi connectivity index (χ3v) is 7.13. The second-order valence-corrected chi connectivity index (χ2v) is 9.53. The van der Waals surface area contributed by atoms with Crippen LogP contribution in [0.4, 0.5) is 5.69 Å². The first-order chi connectivity index (χ1) is 15.7. The molecule has 8 heteroatoms. The third kappa shape index (κ3) is 5.91. The number of nitrogens with one attached hydrogen (secondary N) is 1. The van der Waals surface area contributed by atoms with Crippen molar-refractivity contribution >= 4 is 21.6 Å². The van der Waals surface area contributed by atoms with E-state index in [0.717, 1.165) is 21.0 Å². The highest BCUT2D eigenvalue weighted by Gasteiger charge is 2.30. The molecule has 0 aliphatic rings. The van der Waals surface area contributed by atoms with Gasteiger partial charge in [0.25, 0.3) is 0 Å². The van der Waals surface area contributed by atoms with Crippen molar-refractivity contribution in [1.82, 2.24) is 4.31 Å². The molecular weight excluding hydrogens is 440 g/mol. The molecule has 1 amide bonds. The van der Waals surface area contributed by atoms with Crippen molar-refractivity contribution in [3.05, 3.63) is 83.4 Å². The number of carbonyl (C=O) groups is 1. The fourth-order valence-electron chi connectivity index (χ4n) is 3.32. The van der Waals surface area contributed by atoms with Crippen molar-refractivity contribution in [1.29, 1.82) is 0 Å². The van der Waals surface area contributed by atoms with Crippen molar-refractivity contribution in [3.63, 3.8) is 0 Å². The van der Waals surface area contributed by atoms with E-state index in [2.05, 4.69) is 5.32 Å². The minimum Gasteiger partial charge on any atom is -0.497 e. The normalized spacial score (nSPS) is 11.3. The number of anilines is 1. The van der Waals surface area contributed by atoms with E-state index in [0.29, 0.717) is 11.4 Å². The highest BCUT2D eigenvalue weighted by molar-refractivity contribution is 7.89. The number of benzene rings is 3. The van der Waals surface area contributed by atoms with Crippen molar-refractivity contribution in [2.75, 3.05) is 26.1 Å². The van der Waals surface area contributed by atoms with E-state index < -0.39 is 15.9 Å². The second-order valence-electron chi connectivity index (χ2n) is 7.62. The quantitative estimate of drug-likeness (QED) is 0.510. The molecule has 3 rings (SSSR count). The molecule has 0 aromatic heterocycles. The van der Waals surface area contributed by atoms with Crippen LogP contribution in [0.5, 0.6) is 11.5 Å². The first kappa shape index (κ1) is 24.3. The number of ether oxygens (including phenoxy) is 2. The SMILES string of the molecule is COc1ccc(S(=O)(=O)N(CC(=O)Nc2ccc(C)c(C)c2)Cc2ccccc2)c(OC)c1. The molecule has 0 spiro atoms. The molecule has 0 aliphatic heterocycles. The Kier molecular flexibility index (Phi) is 7.73. The van der Waals surface area contributed by atoms with Crippen LogP contribution in [0.1, 0.15) is 16.7 Å². The van der Waals surface area contributed by atoms with Gasteiger partial charge in [-0.1, -0.05) is 36.4 Å². The Hall–Kier alpha value is -3.36. The lowest BCUT2D eigenvalue weighted by molar-refractivity contribution is -0.116. The smallest absolute Gasteiger partial charge is 0.247 e. The van der Waals surface area contributed by atoms with E-state index in [1.54, 1.807) is 12.1 Å². The van der Waals surface area contributed by atoms with Crippen LogP contribution in [0.3, 0.4) is 0 Å². The predicted octanol–water partition coefficient (Wildman–Crippen LogP) is 4.15. The van der Waals surface area contributed by atoms with E-state index in [1.165, 1.54) is 26.4 Å². The molecule has 0 saturated heterocycles. The highest BCUT2D eigenvalue weighted by Crippen LogP contribution is 2.31. The van der Waals surface area contributed by atoms with Crippen LogP contribution >= 0.6 is 0 Å². The maximum Gasteiger partial charge on any atom is 0.247 e. The summed E-state index contributed by atoms with van der Waals surface area (Å²) in [7, 11) is -1.20. The number of rotatable bonds is 9. The van der Waals surface area contributed by atoms with Gasteiger partial charge < -0.3 is 14.8 Å². The molecule has 0 bridgehead atoms. The molecule has 0 aliphatic carbocycles. The summed E-state index contributed by atoms with van der Waals surface area (Å²) in [5.74, 6) is 0.167. The molecule has 7 nitrogen and oxygen atoms in total. The standard InChI is InChI=1S/C25H28N2O5S/c1-18-10-11-21(14-19(18)2)26-25(28)17-27(16-20-8-6-5-7-9-20)33(29,30)24-13-12-22(31-3)15-23(24)32-4/h5-15H,16-17H2,1-4H3,(H,26,28). The summed E-state index contributed by atoms with van der Waals surface area (Å²) in [6.07, 6.45) is 0. The summed E-state index contributed by atoms with van der Waals surface area (Å²) in [5.41, 5.74) is 3.51. The largest absolute Gasteiger partial charge is 0.497 e. The number of aryl methyl sites for hydroxylation is 2. The van der Waals surface area contributed by atoms with Gasteiger partial charge in [-0.25, -0.2) is 8.42 Å². The summed E-state index contributed by atoms with van der Waals surface area (Å²) in [6, 6.07) is 19.2. The average molecular weight is 469 g/mol. The fraction of sp³-hybridized carbons (Fsp3) is 0.240. The molecule has 1 N–H and O–H groups in total. The fourth-order valence-corrected chi connectivity index (χ4v) is 4.84. The maximum absolute atomic E-state index is 13.6. The molecular formula is C25H28N2O5S. The lowest BCUT2D eigenvalue weighted by Gasteiger charge is -2.23. The van der Waals surface area contributed by atoms with E-state index in [9.17, 15) is 13.2 Å². The van der Waals surface area contributed by atoms with Gasteiger partial charge in [-0.2, -0.15) is 4.31 Å². The summed E-state index contributed by atoms with van der Waals surface area (Å²) >= 11 is 0.